The van der Waals surface area contributed by atoms with Gasteiger partial charge >= 0.3 is 0 Å². The number of aromatic nitrogens is 2. The number of hydrogen-bond donors (Lipinski definition) is 0. The molecule has 0 spiro atoms. The first-order valence-electron chi connectivity index (χ1n) is 11.1. The first-order valence-corrected chi connectivity index (χ1v) is 11.1. The van der Waals surface area contributed by atoms with Gasteiger partial charge in [-0.2, -0.15) is 0 Å². The highest BCUT2D eigenvalue weighted by atomic mass is 16.7. The van der Waals surface area contributed by atoms with Crippen LogP contribution in [0.2, 0.25) is 0 Å². The second kappa shape index (κ2) is 8.48. The Hall–Kier alpha value is -4.45. The number of amidine groups is 1. The van der Waals surface area contributed by atoms with Gasteiger partial charge in [-0.15, -0.1) is 0 Å². The summed E-state index contributed by atoms with van der Waals surface area (Å²) in [5, 5.41) is 0. The third-order valence-corrected chi connectivity index (χ3v) is 5.99. The van der Waals surface area contributed by atoms with Gasteiger partial charge in [0, 0.05) is 23.5 Å². The number of aliphatic imine (C=N–C) groups is 1. The Morgan fingerprint density at radius 1 is 0.882 bits per heavy atom. The molecular weight excluding hydrogens is 424 g/mol. The topological polar surface area (TPSA) is 59.8 Å². The standard InChI is InChI=1S/C28H22N4O2/c1-19-6-4-9-23(12-19)32(26-16-33-18-34-26)28-25-11-3-2-10-24(25)27(31-28)21-8-5-7-20(13-21)22-14-29-17-30-15-22/h2-17,27H,18H2,1H3. The zero-order chi connectivity index (χ0) is 22.9. The lowest BCUT2D eigenvalue weighted by Gasteiger charge is -2.24. The van der Waals surface area contributed by atoms with E-state index < -0.39 is 0 Å². The van der Waals surface area contributed by atoms with E-state index in [4.69, 9.17) is 14.5 Å². The van der Waals surface area contributed by atoms with Crippen LogP contribution in [0.3, 0.4) is 0 Å². The summed E-state index contributed by atoms with van der Waals surface area (Å²) in [6, 6.07) is 24.9. The van der Waals surface area contributed by atoms with E-state index in [1.165, 1.54) is 0 Å². The van der Waals surface area contributed by atoms with Crippen molar-refractivity contribution in [2.45, 2.75) is 13.0 Å². The van der Waals surface area contributed by atoms with Crippen molar-refractivity contribution in [1.29, 1.82) is 0 Å². The minimum Gasteiger partial charge on any atom is -0.459 e. The summed E-state index contributed by atoms with van der Waals surface area (Å²) in [7, 11) is 0. The minimum atomic E-state index is -0.147. The Bertz CT molecular complexity index is 1410. The molecule has 4 aromatic rings. The summed E-state index contributed by atoms with van der Waals surface area (Å²) in [5.41, 5.74) is 7.48. The van der Waals surface area contributed by atoms with Gasteiger partial charge in [-0.3, -0.25) is 9.89 Å². The van der Waals surface area contributed by atoms with Gasteiger partial charge in [-0.25, -0.2) is 9.97 Å². The molecule has 0 radical (unpaired) electrons. The molecule has 2 aliphatic heterocycles. The molecule has 1 aromatic heterocycles. The highest BCUT2D eigenvalue weighted by molar-refractivity contribution is 6.14. The molecule has 0 bridgehead atoms. The molecule has 6 nitrogen and oxygen atoms in total. The SMILES string of the molecule is Cc1cccc(N(C2=COCO2)C2=NC(c3cccc(-c4cncnc4)c3)c3ccccc32)c1. The molecule has 3 heterocycles. The summed E-state index contributed by atoms with van der Waals surface area (Å²) in [6.07, 6.45) is 6.84. The van der Waals surface area contributed by atoms with E-state index in [9.17, 15) is 0 Å². The molecule has 0 N–H and O–H groups in total. The number of ether oxygens (including phenoxy) is 2. The number of rotatable bonds is 4. The van der Waals surface area contributed by atoms with Gasteiger partial charge in [0.1, 0.15) is 24.5 Å². The Morgan fingerprint density at radius 3 is 2.56 bits per heavy atom. The molecule has 0 aliphatic carbocycles. The maximum atomic E-state index is 5.82. The maximum absolute atomic E-state index is 5.82. The van der Waals surface area contributed by atoms with Crippen LogP contribution in [-0.2, 0) is 9.47 Å². The van der Waals surface area contributed by atoms with E-state index in [0.29, 0.717) is 5.88 Å². The van der Waals surface area contributed by atoms with Crippen LogP contribution in [0.5, 0.6) is 0 Å². The van der Waals surface area contributed by atoms with Crippen molar-refractivity contribution in [3.63, 3.8) is 0 Å². The van der Waals surface area contributed by atoms with Crippen LogP contribution in [0.15, 0.2) is 109 Å². The van der Waals surface area contributed by atoms with Gasteiger partial charge in [0.05, 0.1) is 5.69 Å². The maximum Gasteiger partial charge on any atom is 0.238 e. The number of hydrogen-bond acceptors (Lipinski definition) is 6. The number of nitrogens with zero attached hydrogens (tertiary/aromatic N) is 4. The van der Waals surface area contributed by atoms with E-state index in [0.717, 1.165) is 44.9 Å². The van der Waals surface area contributed by atoms with Gasteiger partial charge in [-0.1, -0.05) is 54.6 Å². The fourth-order valence-electron chi connectivity index (χ4n) is 4.44. The second-order valence-electron chi connectivity index (χ2n) is 8.25. The van der Waals surface area contributed by atoms with E-state index in [1.807, 2.05) is 29.4 Å². The van der Waals surface area contributed by atoms with Crippen molar-refractivity contribution in [2.24, 2.45) is 4.99 Å². The van der Waals surface area contributed by atoms with Crippen LogP contribution in [0.4, 0.5) is 5.69 Å². The molecule has 6 heteroatoms. The molecule has 3 aromatic carbocycles. The van der Waals surface area contributed by atoms with Crippen molar-refractivity contribution in [3.05, 3.63) is 126 Å². The van der Waals surface area contributed by atoms with Crippen LogP contribution in [0.25, 0.3) is 11.1 Å². The molecule has 0 amide bonds. The Labute approximate surface area is 197 Å². The Kier molecular flexibility index (Phi) is 5.03. The van der Waals surface area contributed by atoms with Crippen molar-refractivity contribution in [3.8, 4) is 11.1 Å². The predicted octanol–water partition coefficient (Wildman–Crippen LogP) is 5.61. The summed E-state index contributed by atoms with van der Waals surface area (Å²) in [4.78, 5) is 15.6. The Balaban J connectivity index is 1.48. The number of benzene rings is 3. The van der Waals surface area contributed by atoms with Gasteiger partial charge in [-0.05, 0) is 47.4 Å². The summed E-state index contributed by atoms with van der Waals surface area (Å²) < 4.78 is 11.2. The van der Waals surface area contributed by atoms with Gasteiger partial charge in [0.15, 0.2) is 0 Å². The monoisotopic (exact) mass is 446 g/mol. The first-order chi connectivity index (χ1) is 16.8. The quantitative estimate of drug-likeness (QED) is 0.408. The van der Waals surface area contributed by atoms with E-state index in [-0.39, 0.29) is 12.8 Å². The van der Waals surface area contributed by atoms with Crippen molar-refractivity contribution in [1.82, 2.24) is 9.97 Å². The molecule has 1 atom stereocenters. The highest BCUT2D eigenvalue weighted by Crippen LogP contribution is 2.39. The lowest BCUT2D eigenvalue weighted by Crippen LogP contribution is -2.30. The van der Waals surface area contributed by atoms with Crippen molar-refractivity contribution in [2.75, 3.05) is 11.7 Å². The smallest absolute Gasteiger partial charge is 0.238 e. The lowest BCUT2D eigenvalue weighted by atomic mass is 9.95. The summed E-state index contributed by atoms with van der Waals surface area (Å²) >= 11 is 0. The number of fused-ring (bicyclic) bond motifs is 1. The molecule has 2 aliphatic rings. The zero-order valence-electron chi connectivity index (χ0n) is 18.6. The molecule has 166 valence electrons. The highest BCUT2D eigenvalue weighted by Gasteiger charge is 2.33. The van der Waals surface area contributed by atoms with Crippen LogP contribution in [0, 0.1) is 6.92 Å². The molecular formula is C28H22N4O2. The van der Waals surface area contributed by atoms with Crippen LogP contribution in [0.1, 0.15) is 28.3 Å². The van der Waals surface area contributed by atoms with Gasteiger partial charge < -0.3 is 9.47 Å². The average molecular weight is 447 g/mol. The zero-order valence-corrected chi connectivity index (χ0v) is 18.6. The number of anilines is 1. The fraction of sp³-hybridized carbons (Fsp3) is 0.107. The minimum absolute atomic E-state index is 0.147. The van der Waals surface area contributed by atoms with Crippen molar-refractivity contribution >= 4 is 11.5 Å². The van der Waals surface area contributed by atoms with E-state index in [2.05, 4.69) is 77.6 Å². The van der Waals surface area contributed by atoms with Crippen LogP contribution < -0.4 is 4.90 Å². The largest absolute Gasteiger partial charge is 0.459 e. The predicted molar refractivity (Wildman–Crippen MR) is 131 cm³/mol. The lowest BCUT2D eigenvalue weighted by molar-refractivity contribution is 0.0801. The van der Waals surface area contributed by atoms with Crippen molar-refractivity contribution < 1.29 is 9.47 Å². The van der Waals surface area contributed by atoms with Gasteiger partial charge in [0.2, 0.25) is 12.7 Å². The molecule has 34 heavy (non-hydrogen) atoms. The van der Waals surface area contributed by atoms with Crippen LogP contribution >= 0.6 is 0 Å². The third-order valence-electron chi connectivity index (χ3n) is 5.99. The average Bonchev–Trinajstić information content (AvgIpc) is 3.54. The fourth-order valence-corrected chi connectivity index (χ4v) is 4.44. The molecule has 0 saturated carbocycles. The second-order valence-corrected chi connectivity index (χ2v) is 8.25. The summed E-state index contributed by atoms with van der Waals surface area (Å²) in [6.45, 7) is 2.27. The molecule has 6 rings (SSSR count). The van der Waals surface area contributed by atoms with E-state index >= 15 is 0 Å². The normalized spacial score (nSPS) is 16.2. The van der Waals surface area contributed by atoms with Gasteiger partial charge in [0.25, 0.3) is 0 Å². The first kappa shape index (κ1) is 20.2. The molecule has 0 fully saturated rings. The Morgan fingerprint density at radius 2 is 1.74 bits per heavy atom. The third kappa shape index (κ3) is 3.59. The summed E-state index contributed by atoms with van der Waals surface area (Å²) in [5.74, 6) is 1.45. The van der Waals surface area contributed by atoms with Crippen LogP contribution in [-0.4, -0.2) is 22.6 Å². The number of aryl methyl sites for hydroxylation is 1. The molecule has 1 unspecified atom stereocenters. The molecule has 0 saturated heterocycles. The van der Waals surface area contributed by atoms with E-state index in [1.54, 1.807) is 12.6 Å².